The van der Waals surface area contributed by atoms with Crippen molar-refractivity contribution in [2.45, 2.75) is 0 Å². The summed E-state index contributed by atoms with van der Waals surface area (Å²) >= 11 is 0. The van der Waals surface area contributed by atoms with Gasteiger partial charge in [0.25, 0.3) is 0 Å². The van der Waals surface area contributed by atoms with Crippen molar-refractivity contribution in [3.8, 4) is 0 Å². The van der Waals surface area contributed by atoms with E-state index in [-0.39, 0.29) is 71.0 Å². The molecule has 2 aliphatic heterocycles. The number of hydrogen-bond acceptors (Lipinski definition) is 4. The first-order chi connectivity index (χ1) is 9.59. The molecule has 2 heterocycles. The third-order valence-corrected chi connectivity index (χ3v) is 6.03. The third kappa shape index (κ3) is 0.910. The van der Waals surface area contributed by atoms with Crippen LogP contribution in [0.5, 0.6) is 0 Å². The average molecular weight is 272 g/mol. The molecule has 0 aromatic heterocycles. The maximum atomic E-state index is 12.0. The van der Waals surface area contributed by atoms with Crippen molar-refractivity contribution >= 4 is 23.6 Å². The van der Waals surface area contributed by atoms with Crippen molar-refractivity contribution < 1.29 is 19.2 Å². The molecule has 0 unspecified atom stereocenters. The number of nitrogens with one attached hydrogen (secondary N) is 2. The zero-order valence-electron chi connectivity index (χ0n) is 10.4. The van der Waals surface area contributed by atoms with Gasteiger partial charge in [-0.05, 0) is 23.7 Å². The zero-order valence-corrected chi connectivity index (χ0v) is 10.4. The predicted octanol–water partition coefficient (Wildman–Crippen LogP) is -1.17. The molecule has 0 radical (unpaired) electrons. The molecule has 2 saturated carbocycles. The summed E-state index contributed by atoms with van der Waals surface area (Å²) in [4.78, 5) is 47.8. The molecule has 8 atom stereocenters. The van der Waals surface area contributed by atoms with Gasteiger partial charge in [-0.1, -0.05) is 12.2 Å². The molecule has 2 N–H and O–H groups in total. The highest BCUT2D eigenvalue weighted by Crippen LogP contribution is 2.66. The van der Waals surface area contributed by atoms with E-state index in [4.69, 9.17) is 0 Å². The summed E-state index contributed by atoms with van der Waals surface area (Å²) in [5.41, 5.74) is 0. The first-order valence-corrected chi connectivity index (χ1v) is 6.97. The van der Waals surface area contributed by atoms with Gasteiger partial charge in [0.15, 0.2) is 0 Å². The second kappa shape index (κ2) is 3.02. The lowest BCUT2D eigenvalue weighted by molar-refractivity contribution is -0.166. The molecule has 4 fully saturated rings. The molecular weight excluding hydrogens is 260 g/mol. The summed E-state index contributed by atoms with van der Waals surface area (Å²) in [6, 6.07) is 0. The number of allylic oxidation sites excluding steroid dienone is 2. The molecular formula is C14H12N2O4. The number of rotatable bonds is 0. The van der Waals surface area contributed by atoms with E-state index >= 15 is 0 Å². The molecule has 0 aromatic carbocycles. The van der Waals surface area contributed by atoms with Gasteiger partial charge in [0, 0.05) is 0 Å². The molecule has 4 aliphatic carbocycles. The summed E-state index contributed by atoms with van der Waals surface area (Å²) in [6.07, 6.45) is 3.97. The van der Waals surface area contributed by atoms with Crippen LogP contribution in [0.15, 0.2) is 12.2 Å². The van der Waals surface area contributed by atoms with E-state index in [9.17, 15) is 19.2 Å². The highest BCUT2D eigenvalue weighted by atomic mass is 16.2. The lowest BCUT2D eigenvalue weighted by Crippen LogP contribution is -2.63. The number of amides is 4. The maximum Gasteiger partial charge on any atom is 0.231 e. The summed E-state index contributed by atoms with van der Waals surface area (Å²) in [5.74, 6) is -2.21. The molecule has 2 bridgehead atoms. The summed E-state index contributed by atoms with van der Waals surface area (Å²) < 4.78 is 0. The monoisotopic (exact) mass is 272 g/mol. The highest BCUT2D eigenvalue weighted by Gasteiger charge is 2.72. The van der Waals surface area contributed by atoms with Crippen LogP contribution in [0, 0.1) is 47.3 Å². The fraction of sp³-hybridized carbons (Fsp3) is 0.571. The van der Waals surface area contributed by atoms with Crippen LogP contribution in [-0.2, 0) is 19.2 Å². The van der Waals surface area contributed by atoms with Crippen molar-refractivity contribution in [1.82, 2.24) is 10.6 Å². The first kappa shape index (κ1) is 10.8. The van der Waals surface area contributed by atoms with Crippen LogP contribution in [0.1, 0.15) is 0 Å². The number of fused-ring (bicyclic) bond motifs is 1. The average Bonchev–Trinajstić information content (AvgIpc) is 2.78. The fourth-order valence-corrected chi connectivity index (χ4v) is 5.44. The van der Waals surface area contributed by atoms with Gasteiger partial charge in [-0.3, -0.25) is 29.8 Å². The molecule has 6 rings (SSSR count). The summed E-state index contributed by atoms with van der Waals surface area (Å²) in [7, 11) is 0. The Labute approximate surface area is 114 Å². The van der Waals surface area contributed by atoms with Crippen LogP contribution in [-0.4, -0.2) is 23.6 Å². The molecule has 4 amide bonds. The molecule has 6 nitrogen and oxygen atoms in total. The normalized spacial score (nSPS) is 54.0. The van der Waals surface area contributed by atoms with Crippen LogP contribution in [0.2, 0.25) is 0 Å². The van der Waals surface area contributed by atoms with Crippen molar-refractivity contribution in [1.29, 1.82) is 0 Å². The van der Waals surface area contributed by atoms with Crippen molar-refractivity contribution in [3.05, 3.63) is 12.2 Å². The van der Waals surface area contributed by atoms with Crippen molar-refractivity contribution in [3.63, 3.8) is 0 Å². The van der Waals surface area contributed by atoms with Crippen LogP contribution >= 0.6 is 0 Å². The van der Waals surface area contributed by atoms with Crippen LogP contribution in [0.4, 0.5) is 0 Å². The minimum Gasteiger partial charge on any atom is -0.296 e. The molecule has 6 aliphatic rings. The van der Waals surface area contributed by atoms with Gasteiger partial charge in [-0.2, -0.15) is 0 Å². The second-order valence-corrected chi connectivity index (χ2v) is 6.50. The van der Waals surface area contributed by atoms with Gasteiger partial charge < -0.3 is 0 Å². The first-order valence-electron chi connectivity index (χ1n) is 6.97. The molecule has 20 heavy (non-hydrogen) atoms. The number of imide groups is 2. The van der Waals surface area contributed by atoms with Gasteiger partial charge in [-0.25, -0.2) is 0 Å². The molecule has 102 valence electrons. The fourth-order valence-electron chi connectivity index (χ4n) is 5.44. The standard InChI is InChI=1S/C14H12N2O4/c17-11-7-3-1-2-4(8(7)12(18)15-11)6-5(3)9-10(6)14(20)16-13(9)19/h1-10H,(H,15,17,18)(H,16,19,20)/t3-,4-,5-,6+,7-,8-,9+,10-/m1/s1. The van der Waals surface area contributed by atoms with Gasteiger partial charge in [0.1, 0.15) is 0 Å². The van der Waals surface area contributed by atoms with Crippen LogP contribution in [0.3, 0.4) is 0 Å². The quantitative estimate of drug-likeness (QED) is 0.429. The Kier molecular flexibility index (Phi) is 1.63. The van der Waals surface area contributed by atoms with E-state index in [1.54, 1.807) is 0 Å². The minimum atomic E-state index is -0.344. The minimum absolute atomic E-state index is 0.0411. The van der Waals surface area contributed by atoms with Gasteiger partial charge in [0.2, 0.25) is 23.6 Å². The lowest BCUT2D eigenvalue weighted by atomic mass is 9.40. The molecule has 6 heteroatoms. The summed E-state index contributed by atoms with van der Waals surface area (Å²) in [5, 5.41) is 4.81. The maximum absolute atomic E-state index is 12.0. The van der Waals surface area contributed by atoms with E-state index in [0.717, 1.165) is 0 Å². The van der Waals surface area contributed by atoms with E-state index in [0.29, 0.717) is 0 Å². The summed E-state index contributed by atoms with van der Waals surface area (Å²) in [6.45, 7) is 0. The Bertz CT molecular complexity index is 587. The molecule has 0 aromatic rings. The Balaban J connectivity index is 1.63. The Hall–Kier alpha value is -1.98. The van der Waals surface area contributed by atoms with E-state index < -0.39 is 0 Å². The van der Waals surface area contributed by atoms with Gasteiger partial charge in [-0.15, -0.1) is 0 Å². The largest absolute Gasteiger partial charge is 0.296 e. The Morgan fingerprint density at radius 1 is 0.600 bits per heavy atom. The smallest absolute Gasteiger partial charge is 0.231 e. The van der Waals surface area contributed by atoms with E-state index in [2.05, 4.69) is 10.6 Å². The molecule has 0 spiro atoms. The van der Waals surface area contributed by atoms with Crippen LogP contribution < -0.4 is 10.6 Å². The van der Waals surface area contributed by atoms with Crippen molar-refractivity contribution in [2.24, 2.45) is 47.3 Å². The zero-order chi connectivity index (χ0) is 13.8. The SMILES string of the molecule is O=C1NC(=O)[C@@H]2[C@@H]3C=C[C@@H]([C@@H]12)[C@@H]1[C@H]2C(=O)NC(=O)[C@H]2[C@H]31. The number of carbonyl (C=O) groups is 4. The Morgan fingerprint density at radius 2 is 0.950 bits per heavy atom. The second-order valence-electron chi connectivity index (χ2n) is 6.50. The Morgan fingerprint density at radius 3 is 1.35 bits per heavy atom. The van der Waals surface area contributed by atoms with E-state index in [1.165, 1.54) is 0 Å². The topological polar surface area (TPSA) is 92.3 Å². The molecule has 2 saturated heterocycles. The van der Waals surface area contributed by atoms with Gasteiger partial charge >= 0.3 is 0 Å². The van der Waals surface area contributed by atoms with Crippen LogP contribution in [0.25, 0.3) is 0 Å². The number of carbonyl (C=O) groups excluding carboxylic acids is 4. The lowest BCUT2D eigenvalue weighted by Gasteiger charge is -2.60. The predicted molar refractivity (Wildman–Crippen MR) is 63.4 cm³/mol. The van der Waals surface area contributed by atoms with Gasteiger partial charge in [0.05, 0.1) is 23.7 Å². The van der Waals surface area contributed by atoms with E-state index in [1.807, 2.05) is 12.2 Å². The highest BCUT2D eigenvalue weighted by molar-refractivity contribution is 6.09. The van der Waals surface area contributed by atoms with Crippen molar-refractivity contribution in [2.75, 3.05) is 0 Å². The number of hydrogen-bond donors (Lipinski definition) is 2. The third-order valence-electron chi connectivity index (χ3n) is 6.03.